The molecular formula is C18H24Cl2N2O3. The largest absolute Gasteiger partial charge is 0.491 e. The van der Waals surface area contributed by atoms with Gasteiger partial charge in [-0.1, -0.05) is 36.0 Å². The molecule has 1 aliphatic heterocycles. The van der Waals surface area contributed by atoms with Gasteiger partial charge < -0.3 is 20.1 Å². The highest BCUT2D eigenvalue weighted by atomic mass is 35.5. The molecular weight excluding hydrogens is 363 g/mol. The number of hydrogen-bond donors (Lipinski definition) is 2. The van der Waals surface area contributed by atoms with Gasteiger partial charge in [0.1, 0.15) is 0 Å². The van der Waals surface area contributed by atoms with Crippen molar-refractivity contribution in [2.45, 2.75) is 44.6 Å². The SMILES string of the molecule is CCOc1c(Cl)cc(NC(=O)N2CCC3(O)CCCCC3C2)cc1Cl. The number of ether oxygens (including phenoxy) is 1. The smallest absolute Gasteiger partial charge is 0.321 e. The molecule has 0 bridgehead atoms. The number of urea groups is 1. The summed E-state index contributed by atoms with van der Waals surface area (Å²) in [5, 5.41) is 14.3. The molecule has 2 atom stereocenters. The number of fused-ring (bicyclic) bond motifs is 1. The molecule has 1 aromatic rings. The summed E-state index contributed by atoms with van der Waals surface area (Å²) in [4.78, 5) is 14.4. The van der Waals surface area contributed by atoms with Crippen LogP contribution in [0.5, 0.6) is 5.75 Å². The molecule has 2 unspecified atom stereocenters. The maximum absolute atomic E-state index is 12.6. The summed E-state index contributed by atoms with van der Waals surface area (Å²) in [6, 6.07) is 3.08. The third kappa shape index (κ3) is 3.99. The normalized spacial score (nSPS) is 26.1. The minimum atomic E-state index is -0.596. The number of benzene rings is 1. The summed E-state index contributed by atoms with van der Waals surface area (Å²) >= 11 is 12.4. The van der Waals surface area contributed by atoms with Gasteiger partial charge in [-0.2, -0.15) is 0 Å². The van der Waals surface area contributed by atoms with E-state index in [0.29, 0.717) is 47.6 Å². The van der Waals surface area contributed by atoms with Gasteiger partial charge in [0.05, 0.1) is 22.3 Å². The molecule has 0 spiro atoms. The number of aliphatic hydroxyl groups is 1. The van der Waals surface area contributed by atoms with E-state index in [1.54, 1.807) is 17.0 Å². The summed E-state index contributed by atoms with van der Waals surface area (Å²) in [5.41, 5.74) is -0.0613. The fraction of sp³-hybridized carbons (Fsp3) is 0.611. The molecule has 2 amide bonds. The Morgan fingerprint density at radius 1 is 1.36 bits per heavy atom. The first-order valence-corrected chi connectivity index (χ1v) is 9.58. The van der Waals surface area contributed by atoms with Crippen molar-refractivity contribution in [2.75, 3.05) is 25.0 Å². The van der Waals surface area contributed by atoms with E-state index in [-0.39, 0.29) is 11.9 Å². The molecule has 7 heteroatoms. The van der Waals surface area contributed by atoms with Gasteiger partial charge in [0.15, 0.2) is 5.75 Å². The monoisotopic (exact) mass is 386 g/mol. The van der Waals surface area contributed by atoms with Crippen LogP contribution in [0.2, 0.25) is 10.0 Å². The lowest BCUT2D eigenvalue weighted by atomic mass is 9.71. The van der Waals surface area contributed by atoms with E-state index in [2.05, 4.69) is 5.32 Å². The molecule has 0 radical (unpaired) electrons. The highest BCUT2D eigenvalue weighted by Gasteiger charge is 2.43. The number of carbonyl (C=O) groups excluding carboxylic acids is 1. The molecule has 0 aromatic heterocycles. The number of nitrogens with zero attached hydrogens (tertiary/aromatic N) is 1. The number of likely N-dealkylation sites (tertiary alicyclic amines) is 1. The van der Waals surface area contributed by atoms with E-state index in [1.807, 2.05) is 6.92 Å². The van der Waals surface area contributed by atoms with Crippen LogP contribution < -0.4 is 10.1 Å². The summed E-state index contributed by atoms with van der Waals surface area (Å²) in [5.74, 6) is 0.585. The second-order valence-electron chi connectivity index (χ2n) is 6.87. The molecule has 1 saturated heterocycles. The van der Waals surface area contributed by atoms with Gasteiger partial charge in [-0.3, -0.25) is 0 Å². The Balaban J connectivity index is 1.66. The second kappa shape index (κ2) is 7.60. The quantitative estimate of drug-likeness (QED) is 0.800. The third-order valence-electron chi connectivity index (χ3n) is 5.25. The number of nitrogens with one attached hydrogen (secondary N) is 1. The average Bonchev–Trinajstić information content (AvgIpc) is 2.57. The summed E-state index contributed by atoms with van der Waals surface area (Å²) in [6.45, 7) is 3.45. The van der Waals surface area contributed by atoms with Gasteiger partial charge in [-0.05, 0) is 38.3 Å². The fourth-order valence-electron chi connectivity index (χ4n) is 3.87. The number of anilines is 1. The maximum atomic E-state index is 12.6. The lowest BCUT2D eigenvalue weighted by Gasteiger charge is -2.47. The lowest BCUT2D eigenvalue weighted by molar-refractivity contribution is -0.0863. The van der Waals surface area contributed by atoms with Gasteiger partial charge in [-0.25, -0.2) is 4.79 Å². The molecule has 1 saturated carbocycles. The fourth-order valence-corrected chi connectivity index (χ4v) is 4.47. The van der Waals surface area contributed by atoms with Crippen LogP contribution in [0.4, 0.5) is 10.5 Å². The van der Waals surface area contributed by atoms with Crippen LogP contribution in [0, 0.1) is 5.92 Å². The van der Waals surface area contributed by atoms with Crippen molar-refractivity contribution in [2.24, 2.45) is 5.92 Å². The van der Waals surface area contributed by atoms with Crippen LogP contribution in [-0.2, 0) is 0 Å². The van der Waals surface area contributed by atoms with Gasteiger partial charge in [0.2, 0.25) is 0 Å². The van der Waals surface area contributed by atoms with Crippen LogP contribution in [0.3, 0.4) is 0 Å². The van der Waals surface area contributed by atoms with Crippen molar-refractivity contribution in [1.82, 2.24) is 4.90 Å². The number of rotatable bonds is 3. The topological polar surface area (TPSA) is 61.8 Å². The maximum Gasteiger partial charge on any atom is 0.321 e. The summed E-state index contributed by atoms with van der Waals surface area (Å²) in [6.07, 6.45) is 4.64. The van der Waals surface area contributed by atoms with E-state index in [4.69, 9.17) is 27.9 Å². The van der Waals surface area contributed by atoms with E-state index in [9.17, 15) is 9.90 Å². The van der Waals surface area contributed by atoms with Crippen molar-refractivity contribution in [3.8, 4) is 5.75 Å². The molecule has 2 fully saturated rings. The van der Waals surface area contributed by atoms with Gasteiger partial charge in [0, 0.05) is 24.7 Å². The standard InChI is InChI=1S/C18H24Cl2N2O3/c1-2-25-16-14(19)9-13(10-15(16)20)21-17(23)22-8-7-18(24)6-4-3-5-12(18)11-22/h9-10,12,24H,2-8,11H2,1H3,(H,21,23). The molecule has 1 aliphatic carbocycles. The van der Waals surface area contributed by atoms with Gasteiger partial charge in [0.25, 0.3) is 0 Å². The Morgan fingerprint density at radius 2 is 2.08 bits per heavy atom. The first-order valence-electron chi connectivity index (χ1n) is 8.83. The van der Waals surface area contributed by atoms with Crippen LogP contribution in [0.1, 0.15) is 39.0 Å². The van der Waals surface area contributed by atoms with Gasteiger partial charge >= 0.3 is 6.03 Å². The predicted molar refractivity (Wildman–Crippen MR) is 99.7 cm³/mol. The Morgan fingerprint density at radius 3 is 2.76 bits per heavy atom. The van der Waals surface area contributed by atoms with E-state index in [0.717, 1.165) is 25.7 Å². The lowest BCUT2D eigenvalue weighted by Crippen LogP contribution is -2.55. The highest BCUT2D eigenvalue weighted by Crippen LogP contribution is 2.40. The Labute approximate surface area is 158 Å². The number of hydrogen-bond acceptors (Lipinski definition) is 3. The zero-order valence-corrected chi connectivity index (χ0v) is 15.9. The Bertz CT molecular complexity index is 632. The third-order valence-corrected chi connectivity index (χ3v) is 5.81. The molecule has 5 nitrogen and oxygen atoms in total. The van der Waals surface area contributed by atoms with Crippen molar-refractivity contribution in [3.63, 3.8) is 0 Å². The first-order chi connectivity index (χ1) is 11.9. The minimum Gasteiger partial charge on any atom is -0.491 e. The number of carbonyl (C=O) groups is 1. The Hall–Kier alpha value is -1.17. The Kier molecular flexibility index (Phi) is 5.66. The highest BCUT2D eigenvalue weighted by molar-refractivity contribution is 6.37. The molecule has 2 N–H and O–H groups in total. The van der Waals surface area contributed by atoms with Crippen molar-refractivity contribution in [1.29, 1.82) is 0 Å². The summed E-state index contributed by atoms with van der Waals surface area (Å²) in [7, 11) is 0. The van der Waals surface area contributed by atoms with Crippen LogP contribution >= 0.6 is 23.2 Å². The predicted octanol–water partition coefficient (Wildman–Crippen LogP) is 4.55. The average molecular weight is 387 g/mol. The van der Waals surface area contributed by atoms with Crippen LogP contribution in [-0.4, -0.2) is 41.3 Å². The van der Waals surface area contributed by atoms with E-state index in [1.165, 1.54) is 0 Å². The first kappa shape index (κ1) is 18.6. The van der Waals surface area contributed by atoms with E-state index >= 15 is 0 Å². The van der Waals surface area contributed by atoms with Crippen molar-refractivity contribution < 1.29 is 14.6 Å². The van der Waals surface area contributed by atoms with Crippen molar-refractivity contribution in [3.05, 3.63) is 22.2 Å². The molecule has 3 rings (SSSR count). The van der Waals surface area contributed by atoms with Crippen molar-refractivity contribution >= 4 is 34.9 Å². The minimum absolute atomic E-state index is 0.160. The van der Waals surface area contributed by atoms with Crippen LogP contribution in [0.15, 0.2) is 12.1 Å². The number of halogens is 2. The summed E-state index contributed by atoms with van der Waals surface area (Å²) < 4.78 is 5.40. The molecule has 2 aliphatic rings. The molecule has 1 heterocycles. The zero-order valence-electron chi connectivity index (χ0n) is 14.4. The van der Waals surface area contributed by atoms with Gasteiger partial charge in [-0.15, -0.1) is 0 Å². The molecule has 138 valence electrons. The van der Waals surface area contributed by atoms with E-state index < -0.39 is 5.60 Å². The molecule has 1 aromatic carbocycles. The molecule has 25 heavy (non-hydrogen) atoms. The van der Waals surface area contributed by atoms with Crippen LogP contribution in [0.25, 0.3) is 0 Å². The second-order valence-corrected chi connectivity index (χ2v) is 7.69. The number of amides is 2. The zero-order chi connectivity index (χ0) is 18.0. The number of piperidine rings is 1.